The van der Waals surface area contributed by atoms with Gasteiger partial charge in [0.2, 0.25) is 6.09 Å². The molecule has 12 heavy (non-hydrogen) atoms. The van der Waals surface area contributed by atoms with E-state index in [9.17, 15) is 4.79 Å². The second-order valence-electron chi connectivity index (χ2n) is 1.90. The van der Waals surface area contributed by atoms with Crippen LogP contribution in [0, 0.1) is 0 Å². The number of carbonyl (C=O) groups excluding carboxylic acids is 1. The maximum atomic E-state index is 10.6. The van der Waals surface area contributed by atoms with Crippen molar-refractivity contribution in [1.82, 2.24) is 0 Å². The van der Waals surface area contributed by atoms with Crippen LogP contribution in [0.2, 0.25) is 0 Å². The fourth-order valence-electron chi connectivity index (χ4n) is 0.635. The summed E-state index contributed by atoms with van der Waals surface area (Å²) in [6, 6.07) is 8.82. The van der Waals surface area contributed by atoms with Crippen LogP contribution >= 0.6 is 0 Å². The molecule has 0 spiro atoms. The summed E-state index contributed by atoms with van der Waals surface area (Å²) in [6.45, 7) is 0. The molecule has 1 aromatic rings. The summed E-state index contributed by atoms with van der Waals surface area (Å²) in [4.78, 5) is 10.6. The van der Waals surface area contributed by atoms with Gasteiger partial charge in [-0.05, 0) is 12.1 Å². The van der Waals surface area contributed by atoms with Gasteiger partial charge in [0.05, 0.1) is 0 Å². The van der Waals surface area contributed by atoms with E-state index in [2.05, 4.69) is 5.32 Å². The minimum atomic E-state index is -0.573. The zero-order valence-electron chi connectivity index (χ0n) is 7.15. The second kappa shape index (κ2) is 6.77. The van der Waals surface area contributed by atoms with Gasteiger partial charge >= 0.3 is 58.2 Å². The molecule has 0 unspecified atom stereocenters. The fourth-order valence-corrected chi connectivity index (χ4v) is 0.635. The van der Waals surface area contributed by atoms with Crippen LogP contribution < -0.4 is 62.9 Å². The fraction of sp³-hybridized carbons (Fsp3) is 0.125. The van der Waals surface area contributed by atoms with Crippen molar-refractivity contribution in [2.24, 2.45) is 0 Å². The van der Waals surface area contributed by atoms with E-state index in [1.165, 1.54) is 7.05 Å². The summed E-state index contributed by atoms with van der Waals surface area (Å²) in [7, 11) is 1.39. The van der Waals surface area contributed by atoms with Gasteiger partial charge in [-0.25, -0.2) is 0 Å². The van der Waals surface area contributed by atoms with Crippen LogP contribution in [0.3, 0.4) is 0 Å². The van der Waals surface area contributed by atoms with E-state index in [0.717, 1.165) is 0 Å². The normalized spacial score (nSPS) is 8.08. The Bertz CT molecular complexity index is 238. The van der Waals surface area contributed by atoms with Crippen molar-refractivity contribution in [3.63, 3.8) is 0 Å². The number of benzene rings is 1. The first-order chi connectivity index (χ1) is 5.33. The number of ether oxygens (including phenoxy) is 1. The van der Waals surface area contributed by atoms with Crippen LogP contribution in [0.4, 0.5) is 4.79 Å². The number of nitrogens with zero attached hydrogens (tertiary/aromatic N) is 1. The van der Waals surface area contributed by atoms with Crippen molar-refractivity contribution in [1.29, 1.82) is 0 Å². The Kier molecular flexibility index (Phi) is 6.94. The summed E-state index contributed by atoms with van der Waals surface area (Å²) in [5, 5.41) is 3.32. The van der Waals surface area contributed by atoms with Crippen molar-refractivity contribution >= 4 is 6.09 Å². The van der Waals surface area contributed by atoms with Gasteiger partial charge in [-0.3, -0.25) is 4.79 Å². The van der Waals surface area contributed by atoms with E-state index < -0.39 is 6.09 Å². The van der Waals surface area contributed by atoms with Crippen molar-refractivity contribution in [3.8, 4) is 5.75 Å². The molecule has 1 rings (SSSR count). The van der Waals surface area contributed by atoms with Gasteiger partial charge in [0.15, 0.2) is 0 Å². The van der Waals surface area contributed by atoms with Crippen LogP contribution in [0.25, 0.3) is 5.32 Å². The molecule has 0 aromatic heterocycles. The van der Waals surface area contributed by atoms with Crippen LogP contribution in [0.15, 0.2) is 30.3 Å². The van der Waals surface area contributed by atoms with Gasteiger partial charge in [-0.15, -0.1) is 7.05 Å². The molecule has 0 fully saturated rings. The molecule has 0 bridgehead atoms. The molecule has 3 nitrogen and oxygen atoms in total. The van der Waals surface area contributed by atoms with Gasteiger partial charge < -0.3 is 10.1 Å². The minimum absolute atomic E-state index is 0. The predicted octanol–water partition coefficient (Wildman–Crippen LogP) is -0.807. The maximum absolute atomic E-state index is 10.6. The summed E-state index contributed by atoms with van der Waals surface area (Å²) >= 11 is 0. The Hall–Kier alpha value is 0.295. The molecule has 0 N–H and O–H groups in total. The van der Waals surface area contributed by atoms with Crippen LogP contribution in [-0.2, 0) is 0 Å². The Balaban J connectivity index is 0.00000121. The van der Waals surface area contributed by atoms with E-state index in [-0.39, 0.29) is 58.2 Å². The number of hydrogen-bond acceptors (Lipinski definition) is 2. The number of hydrogen-bond donors (Lipinski definition) is 0. The standard InChI is InChI=1S/C8H9NO2.Rb/c1-9-8(10)11-7-5-3-2-4-6-7;/h2-6H,1H3,(H,9,10);/q;+1/p-1. The summed E-state index contributed by atoms with van der Waals surface area (Å²) < 4.78 is 4.76. The Morgan fingerprint density at radius 2 is 1.92 bits per heavy atom. The van der Waals surface area contributed by atoms with Crippen molar-refractivity contribution < 1.29 is 67.7 Å². The monoisotopic (exact) mass is 235 g/mol. The third-order valence-electron chi connectivity index (χ3n) is 1.13. The quantitative estimate of drug-likeness (QED) is 0.639. The molecule has 0 saturated carbocycles. The van der Waals surface area contributed by atoms with Crippen LogP contribution in [0.5, 0.6) is 5.75 Å². The van der Waals surface area contributed by atoms with E-state index in [4.69, 9.17) is 4.74 Å². The van der Waals surface area contributed by atoms with Crippen LogP contribution in [0.1, 0.15) is 0 Å². The number of para-hydroxylation sites is 1. The van der Waals surface area contributed by atoms with E-state index >= 15 is 0 Å². The Morgan fingerprint density at radius 1 is 1.33 bits per heavy atom. The van der Waals surface area contributed by atoms with Crippen molar-refractivity contribution in [3.05, 3.63) is 35.6 Å². The van der Waals surface area contributed by atoms with Crippen molar-refractivity contribution in [2.45, 2.75) is 0 Å². The first-order valence-corrected chi connectivity index (χ1v) is 3.19. The Labute approximate surface area is 120 Å². The molecule has 58 valence electrons. The van der Waals surface area contributed by atoms with Gasteiger partial charge in [0, 0.05) is 0 Å². The molecule has 1 aromatic carbocycles. The van der Waals surface area contributed by atoms with E-state index in [1.807, 2.05) is 6.07 Å². The largest absolute Gasteiger partial charge is 1.00 e. The van der Waals surface area contributed by atoms with Crippen LogP contribution in [-0.4, -0.2) is 13.1 Å². The SMILES string of the molecule is C[N-]C(=O)Oc1ccccc1.[Rb+]. The molecule has 0 aliphatic heterocycles. The molecule has 0 aliphatic rings. The average molecular weight is 236 g/mol. The van der Waals surface area contributed by atoms with E-state index in [0.29, 0.717) is 5.75 Å². The summed E-state index contributed by atoms with van der Waals surface area (Å²) in [6.07, 6.45) is -0.573. The Morgan fingerprint density at radius 3 is 2.42 bits per heavy atom. The molecule has 0 saturated heterocycles. The summed E-state index contributed by atoms with van der Waals surface area (Å²) in [5.41, 5.74) is 0. The molecule has 0 radical (unpaired) electrons. The molecule has 0 atom stereocenters. The van der Waals surface area contributed by atoms with Gasteiger partial charge in [0.1, 0.15) is 5.75 Å². The number of amides is 1. The number of rotatable bonds is 1. The molecule has 0 heterocycles. The van der Waals surface area contributed by atoms with Gasteiger partial charge in [-0.2, -0.15) is 0 Å². The zero-order valence-corrected chi connectivity index (χ0v) is 12.1. The van der Waals surface area contributed by atoms with E-state index in [1.54, 1.807) is 24.3 Å². The smallest absolute Gasteiger partial charge is 0.619 e. The molecule has 4 heteroatoms. The topological polar surface area (TPSA) is 40.4 Å². The molecule has 0 aliphatic carbocycles. The van der Waals surface area contributed by atoms with Gasteiger partial charge in [0.25, 0.3) is 0 Å². The molecular formula is C8H8NO2Rb. The number of carbonyl (C=O) groups is 1. The van der Waals surface area contributed by atoms with Gasteiger partial charge in [-0.1, -0.05) is 18.2 Å². The molecule has 1 amide bonds. The second-order valence-corrected chi connectivity index (χ2v) is 1.90. The third kappa shape index (κ3) is 4.35. The first-order valence-electron chi connectivity index (χ1n) is 3.19. The molecular weight excluding hydrogens is 228 g/mol. The maximum Gasteiger partial charge on any atom is 1.00 e. The minimum Gasteiger partial charge on any atom is -0.619 e. The first kappa shape index (κ1) is 12.3. The zero-order chi connectivity index (χ0) is 8.10. The van der Waals surface area contributed by atoms with Crippen molar-refractivity contribution in [2.75, 3.05) is 7.05 Å². The third-order valence-corrected chi connectivity index (χ3v) is 1.13. The average Bonchev–Trinajstić information content (AvgIpc) is 2.06. The summed E-state index contributed by atoms with van der Waals surface area (Å²) in [5.74, 6) is 0.517. The predicted molar refractivity (Wildman–Crippen MR) is 41.7 cm³/mol.